The first-order valence-corrected chi connectivity index (χ1v) is 12.1. The van der Waals surface area contributed by atoms with E-state index in [2.05, 4.69) is 25.6 Å². The number of benzene rings is 1. The van der Waals surface area contributed by atoms with Gasteiger partial charge in [-0.25, -0.2) is 9.97 Å². The van der Waals surface area contributed by atoms with Crippen LogP contribution < -0.4 is 15.5 Å². The molecule has 1 aliphatic carbocycles. The van der Waals surface area contributed by atoms with Crippen molar-refractivity contribution in [2.45, 2.75) is 24.7 Å². The van der Waals surface area contributed by atoms with Crippen molar-refractivity contribution in [2.24, 2.45) is 5.92 Å². The van der Waals surface area contributed by atoms with Gasteiger partial charge in [0.2, 0.25) is 5.95 Å². The number of aliphatic hydroxyl groups is 3. The van der Waals surface area contributed by atoms with Crippen LogP contribution in [0.5, 0.6) is 0 Å². The minimum Gasteiger partial charge on any atom is -0.396 e. The lowest BCUT2D eigenvalue weighted by atomic mass is 10.1. The van der Waals surface area contributed by atoms with Crippen LogP contribution in [-0.4, -0.2) is 74.2 Å². The van der Waals surface area contributed by atoms with Crippen LogP contribution in [0.2, 0.25) is 0 Å². The van der Waals surface area contributed by atoms with Gasteiger partial charge in [0.25, 0.3) is 0 Å². The Balaban J connectivity index is 1.48. The molecule has 10 nitrogen and oxygen atoms in total. The predicted molar refractivity (Wildman–Crippen MR) is 137 cm³/mol. The summed E-state index contributed by atoms with van der Waals surface area (Å²) in [6.45, 7) is -0.201. The smallest absolute Gasteiger partial charge is 0.229 e. The molecule has 0 unspecified atom stereocenters. The highest BCUT2D eigenvalue weighted by atomic mass is 32.1. The molecule has 5 N–H and O–H groups in total. The number of thiazole rings is 1. The fourth-order valence-electron chi connectivity index (χ4n) is 4.20. The zero-order valence-corrected chi connectivity index (χ0v) is 20.1. The first-order valence-electron chi connectivity index (χ1n) is 11.3. The van der Waals surface area contributed by atoms with Crippen LogP contribution in [0, 0.1) is 5.92 Å². The van der Waals surface area contributed by atoms with Crippen molar-refractivity contribution >= 4 is 44.7 Å². The van der Waals surface area contributed by atoms with Gasteiger partial charge in [0.15, 0.2) is 0 Å². The van der Waals surface area contributed by atoms with Crippen LogP contribution in [0.1, 0.15) is 6.42 Å². The Morgan fingerprint density at radius 3 is 2.54 bits per heavy atom. The second-order valence-electron chi connectivity index (χ2n) is 8.79. The fourth-order valence-corrected chi connectivity index (χ4v) is 5.14. The standard InChI is InChI=1S/C24H27N7O3S/c1-31(2)15-5-3-14(4-6-15)27-24-26-10-16(23-29-18-11-25-8-7-19(18)35-23)22(30-24)28-17-9-13(12-32)20(33)21(17)34/h3-8,10-11,13,17,20-21,32-34H,9,12H2,1-2H3,(H2,26,27,28,30)/t13-,17-,20-,21+/m1/s1. The van der Waals surface area contributed by atoms with E-state index in [1.165, 1.54) is 11.3 Å². The van der Waals surface area contributed by atoms with Gasteiger partial charge in [-0.15, -0.1) is 11.3 Å². The molecule has 4 atom stereocenters. The van der Waals surface area contributed by atoms with Crippen LogP contribution in [0.25, 0.3) is 20.8 Å². The number of aliphatic hydroxyl groups excluding tert-OH is 3. The molecule has 0 radical (unpaired) electrons. The summed E-state index contributed by atoms with van der Waals surface area (Å²) in [5.41, 5.74) is 3.36. The number of hydrogen-bond acceptors (Lipinski definition) is 11. The summed E-state index contributed by atoms with van der Waals surface area (Å²) in [6.07, 6.45) is 3.48. The zero-order chi connectivity index (χ0) is 24.5. The maximum atomic E-state index is 10.6. The molecule has 3 aromatic heterocycles. The SMILES string of the molecule is CN(C)c1ccc(Nc2ncc(-c3nc4cnccc4s3)c(N[C@@H]3C[C@H](CO)[C@@H](O)[C@H]3O)n2)cc1. The summed E-state index contributed by atoms with van der Waals surface area (Å²) in [7, 11) is 3.96. The normalized spacial score (nSPS) is 21.9. The highest BCUT2D eigenvalue weighted by Gasteiger charge is 2.41. The summed E-state index contributed by atoms with van der Waals surface area (Å²) in [5, 5.41) is 37.6. The molecule has 0 amide bonds. The van der Waals surface area contributed by atoms with Gasteiger partial charge in [-0.05, 0) is 36.8 Å². The maximum Gasteiger partial charge on any atom is 0.229 e. The monoisotopic (exact) mass is 493 g/mol. The summed E-state index contributed by atoms with van der Waals surface area (Å²) in [5.74, 6) is 0.451. The minimum atomic E-state index is -1.04. The van der Waals surface area contributed by atoms with Crippen molar-refractivity contribution in [3.8, 4) is 10.6 Å². The molecule has 11 heteroatoms. The van der Waals surface area contributed by atoms with Crippen LogP contribution in [0.3, 0.4) is 0 Å². The van der Waals surface area contributed by atoms with Crippen LogP contribution in [0.4, 0.5) is 23.1 Å². The van der Waals surface area contributed by atoms with Crippen molar-refractivity contribution in [2.75, 3.05) is 36.2 Å². The number of hydrogen-bond donors (Lipinski definition) is 5. The quantitative estimate of drug-likeness (QED) is 0.261. The van der Waals surface area contributed by atoms with Crippen LogP contribution >= 0.6 is 11.3 Å². The number of aromatic nitrogens is 4. The predicted octanol–water partition coefficient (Wildman–Crippen LogP) is 2.47. The summed E-state index contributed by atoms with van der Waals surface area (Å²) in [6, 6.07) is 9.30. The van der Waals surface area contributed by atoms with Gasteiger partial charge < -0.3 is 30.9 Å². The summed E-state index contributed by atoms with van der Waals surface area (Å²) in [4.78, 5) is 20.0. The van der Waals surface area contributed by atoms with Crippen molar-refractivity contribution < 1.29 is 15.3 Å². The lowest BCUT2D eigenvalue weighted by Gasteiger charge is -2.20. The van der Waals surface area contributed by atoms with Crippen molar-refractivity contribution in [3.63, 3.8) is 0 Å². The molecule has 35 heavy (non-hydrogen) atoms. The fraction of sp³-hybridized carbons (Fsp3) is 0.333. The molecule has 182 valence electrons. The van der Waals surface area contributed by atoms with Gasteiger partial charge in [-0.2, -0.15) is 4.98 Å². The van der Waals surface area contributed by atoms with Crippen molar-refractivity contribution in [1.82, 2.24) is 19.9 Å². The van der Waals surface area contributed by atoms with Gasteiger partial charge >= 0.3 is 0 Å². The molecule has 1 aromatic carbocycles. The maximum absolute atomic E-state index is 10.6. The van der Waals surface area contributed by atoms with E-state index in [9.17, 15) is 15.3 Å². The van der Waals surface area contributed by atoms with E-state index in [1.54, 1.807) is 18.6 Å². The third-order valence-electron chi connectivity index (χ3n) is 6.21. The first kappa shape index (κ1) is 23.4. The van der Waals surface area contributed by atoms with Crippen molar-refractivity contribution in [1.29, 1.82) is 0 Å². The van der Waals surface area contributed by atoms with E-state index in [0.717, 1.165) is 21.6 Å². The number of pyridine rings is 1. The number of rotatable bonds is 7. The van der Waals surface area contributed by atoms with Gasteiger partial charge in [0.1, 0.15) is 22.4 Å². The Hall–Kier alpha value is -3.38. The molecule has 0 spiro atoms. The van der Waals surface area contributed by atoms with E-state index >= 15 is 0 Å². The Morgan fingerprint density at radius 1 is 1.06 bits per heavy atom. The second kappa shape index (κ2) is 9.70. The highest BCUT2D eigenvalue weighted by Crippen LogP contribution is 2.36. The third-order valence-corrected chi connectivity index (χ3v) is 7.28. The van der Waals surface area contributed by atoms with Crippen LogP contribution in [0.15, 0.2) is 48.9 Å². The Bertz CT molecular complexity index is 1280. The van der Waals surface area contributed by atoms with E-state index < -0.39 is 24.2 Å². The van der Waals surface area contributed by atoms with Gasteiger partial charge in [0, 0.05) is 50.4 Å². The molecule has 1 saturated carbocycles. The van der Waals surface area contributed by atoms with E-state index in [1.807, 2.05) is 49.3 Å². The number of nitrogens with zero attached hydrogens (tertiary/aromatic N) is 5. The average Bonchev–Trinajstić information content (AvgIpc) is 3.41. The number of nitrogens with one attached hydrogen (secondary N) is 2. The molecule has 5 rings (SSSR count). The van der Waals surface area contributed by atoms with Gasteiger partial charge in [0.05, 0.1) is 28.6 Å². The molecule has 1 aliphatic rings. The van der Waals surface area contributed by atoms with E-state index in [0.29, 0.717) is 28.8 Å². The molecular formula is C24H27N7O3S. The first-order chi connectivity index (χ1) is 16.9. The molecule has 4 aromatic rings. The third kappa shape index (κ3) is 4.76. The Morgan fingerprint density at radius 2 is 1.86 bits per heavy atom. The Labute approximate surface area is 206 Å². The van der Waals surface area contributed by atoms with Crippen LogP contribution in [-0.2, 0) is 0 Å². The minimum absolute atomic E-state index is 0.201. The van der Waals surface area contributed by atoms with Crippen molar-refractivity contribution in [3.05, 3.63) is 48.9 Å². The number of anilines is 4. The topological polar surface area (TPSA) is 140 Å². The molecular weight excluding hydrogens is 466 g/mol. The molecule has 0 saturated heterocycles. The van der Waals surface area contributed by atoms with E-state index in [4.69, 9.17) is 4.98 Å². The largest absolute Gasteiger partial charge is 0.396 e. The molecule has 1 fully saturated rings. The Kier molecular flexibility index (Phi) is 6.48. The zero-order valence-electron chi connectivity index (χ0n) is 19.3. The lowest BCUT2D eigenvalue weighted by molar-refractivity contribution is 0.00446. The highest BCUT2D eigenvalue weighted by molar-refractivity contribution is 7.21. The molecule has 3 heterocycles. The summed E-state index contributed by atoms with van der Waals surface area (Å²) < 4.78 is 0.987. The molecule has 0 aliphatic heterocycles. The average molecular weight is 494 g/mol. The number of fused-ring (bicyclic) bond motifs is 1. The summed E-state index contributed by atoms with van der Waals surface area (Å²) >= 11 is 1.49. The second-order valence-corrected chi connectivity index (χ2v) is 9.83. The molecule has 0 bridgehead atoms. The van der Waals surface area contributed by atoms with Gasteiger partial charge in [-0.1, -0.05) is 0 Å². The van der Waals surface area contributed by atoms with Gasteiger partial charge in [-0.3, -0.25) is 4.98 Å². The van der Waals surface area contributed by atoms with E-state index in [-0.39, 0.29) is 6.61 Å². The lowest BCUT2D eigenvalue weighted by Crippen LogP contribution is -2.35.